The van der Waals surface area contributed by atoms with Gasteiger partial charge in [0.15, 0.2) is 0 Å². The predicted octanol–water partition coefficient (Wildman–Crippen LogP) is 4.94. The molecule has 0 bridgehead atoms. The van der Waals surface area contributed by atoms with Crippen LogP contribution in [0.3, 0.4) is 0 Å². The number of hydrogen-bond acceptors (Lipinski definition) is 4. The minimum absolute atomic E-state index is 0.146. The minimum Gasteiger partial charge on any atom is -0.241 e. The molecule has 0 aliphatic carbocycles. The Balaban J connectivity index is 1.83. The molecule has 1 aliphatic rings. The third-order valence-corrected chi connectivity index (χ3v) is 6.99. The molecule has 1 atom stereocenters. The van der Waals surface area contributed by atoms with Gasteiger partial charge in [-0.3, -0.25) is 0 Å². The van der Waals surface area contributed by atoms with Crippen molar-refractivity contribution in [1.82, 2.24) is 4.98 Å². The van der Waals surface area contributed by atoms with Crippen LogP contribution in [0.1, 0.15) is 19.8 Å². The first-order valence-corrected chi connectivity index (χ1v) is 8.60. The number of pyridine rings is 1. The predicted molar refractivity (Wildman–Crippen MR) is 90.3 cm³/mol. The van der Waals surface area contributed by atoms with Gasteiger partial charge in [-0.2, -0.15) is 0 Å². The van der Waals surface area contributed by atoms with Crippen LogP contribution in [0, 0.1) is 0 Å². The number of para-hydroxylation sites is 1. The maximum absolute atomic E-state index is 5.63. The van der Waals surface area contributed by atoms with Crippen molar-refractivity contribution in [1.29, 1.82) is 0 Å². The molecule has 3 rings (SSSR count). The van der Waals surface area contributed by atoms with E-state index in [2.05, 4.69) is 36.2 Å². The van der Waals surface area contributed by atoms with Crippen LogP contribution in [0.5, 0.6) is 0 Å². The summed E-state index contributed by atoms with van der Waals surface area (Å²) in [6, 6.07) is 12.4. The fraction of sp³-hybridized carbons (Fsp3) is 0.333. The molecule has 19 heavy (non-hydrogen) atoms. The highest BCUT2D eigenvalue weighted by molar-refractivity contribution is 8.25. The molecule has 98 valence electrons. The molecule has 0 radical (unpaired) electrons. The molecule has 1 fully saturated rings. The molecule has 1 aromatic carbocycles. The van der Waals surface area contributed by atoms with E-state index in [1.54, 1.807) is 11.8 Å². The summed E-state index contributed by atoms with van der Waals surface area (Å²) >= 11 is 9.27. The van der Waals surface area contributed by atoms with E-state index >= 15 is 0 Å². The van der Waals surface area contributed by atoms with E-state index in [1.807, 2.05) is 23.9 Å². The number of benzene rings is 1. The Labute approximate surface area is 127 Å². The van der Waals surface area contributed by atoms with Crippen LogP contribution in [0.25, 0.3) is 10.9 Å². The maximum atomic E-state index is 5.63. The topological polar surface area (TPSA) is 12.9 Å². The van der Waals surface area contributed by atoms with Crippen molar-refractivity contribution >= 4 is 50.8 Å². The SMILES string of the molecule is CC1(C(=S)Sc2ccc3ccccc3n2)CCCS1. The van der Waals surface area contributed by atoms with Crippen molar-refractivity contribution in [3.8, 4) is 0 Å². The van der Waals surface area contributed by atoms with Gasteiger partial charge >= 0.3 is 0 Å². The molecule has 2 heterocycles. The molecule has 0 spiro atoms. The number of rotatable bonds is 2. The quantitative estimate of drug-likeness (QED) is 0.575. The highest BCUT2D eigenvalue weighted by Gasteiger charge is 2.34. The van der Waals surface area contributed by atoms with Gasteiger partial charge in [0.05, 0.1) is 14.5 Å². The van der Waals surface area contributed by atoms with Crippen molar-refractivity contribution in [2.24, 2.45) is 0 Å². The molecule has 0 amide bonds. The second-order valence-corrected chi connectivity index (χ2v) is 8.21. The van der Waals surface area contributed by atoms with E-state index in [4.69, 9.17) is 12.2 Å². The van der Waals surface area contributed by atoms with Crippen LogP contribution in [0.4, 0.5) is 0 Å². The summed E-state index contributed by atoms with van der Waals surface area (Å²) in [5.41, 5.74) is 1.04. The number of thioether (sulfide) groups is 2. The molecule has 1 unspecified atom stereocenters. The third kappa shape index (κ3) is 2.81. The van der Waals surface area contributed by atoms with Crippen molar-refractivity contribution in [2.75, 3.05) is 5.75 Å². The van der Waals surface area contributed by atoms with Crippen molar-refractivity contribution < 1.29 is 0 Å². The molecule has 1 aromatic heterocycles. The second kappa shape index (κ2) is 5.43. The van der Waals surface area contributed by atoms with Gasteiger partial charge in [-0.15, -0.1) is 11.8 Å². The standard InChI is InChI=1S/C15H15NS3/c1-15(9-4-10-18-15)14(17)19-13-8-7-11-5-2-3-6-12(11)16-13/h2-3,5-8H,4,9-10H2,1H3. The van der Waals surface area contributed by atoms with Gasteiger partial charge in [-0.1, -0.05) is 48.2 Å². The van der Waals surface area contributed by atoms with Crippen LogP contribution >= 0.6 is 35.7 Å². The lowest BCUT2D eigenvalue weighted by atomic mass is 10.1. The summed E-state index contributed by atoms with van der Waals surface area (Å²) in [5.74, 6) is 1.22. The van der Waals surface area contributed by atoms with Gasteiger partial charge in [0.1, 0.15) is 5.03 Å². The monoisotopic (exact) mass is 305 g/mol. The number of hydrogen-bond donors (Lipinski definition) is 0. The fourth-order valence-electron chi connectivity index (χ4n) is 2.25. The number of nitrogens with zero attached hydrogens (tertiary/aromatic N) is 1. The number of thiocarbonyl (C=S) groups is 1. The number of fused-ring (bicyclic) bond motifs is 1. The van der Waals surface area contributed by atoms with Crippen LogP contribution < -0.4 is 0 Å². The first-order valence-electron chi connectivity index (χ1n) is 6.39. The van der Waals surface area contributed by atoms with Crippen LogP contribution in [0.15, 0.2) is 41.4 Å². The zero-order valence-corrected chi connectivity index (χ0v) is 13.2. The summed E-state index contributed by atoms with van der Waals surface area (Å²) in [7, 11) is 0. The molecular weight excluding hydrogens is 290 g/mol. The first-order chi connectivity index (χ1) is 9.17. The van der Waals surface area contributed by atoms with Crippen LogP contribution in [-0.4, -0.2) is 19.7 Å². The largest absolute Gasteiger partial charge is 0.241 e. The normalized spacial score (nSPS) is 22.8. The summed E-state index contributed by atoms with van der Waals surface area (Å²) < 4.78 is 1.21. The van der Waals surface area contributed by atoms with E-state index in [9.17, 15) is 0 Å². The molecule has 0 N–H and O–H groups in total. The highest BCUT2D eigenvalue weighted by Crippen LogP contribution is 2.43. The van der Waals surface area contributed by atoms with Crippen LogP contribution in [-0.2, 0) is 0 Å². The summed E-state index contributed by atoms with van der Waals surface area (Å²) in [6.07, 6.45) is 2.46. The lowest BCUT2D eigenvalue weighted by Crippen LogP contribution is -2.24. The van der Waals surface area contributed by atoms with Gasteiger partial charge in [0.2, 0.25) is 0 Å². The number of aromatic nitrogens is 1. The highest BCUT2D eigenvalue weighted by atomic mass is 32.2. The lowest BCUT2D eigenvalue weighted by molar-refractivity contribution is 0.769. The van der Waals surface area contributed by atoms with E-state index < -0.39 is 0 Å². The van der Waals surface area contributed by atoms with E-state index in [1.165, 1.54) is 24.0 Å². The van der Waals surface area contributed by atoms with Crippen molar-refractivity contribution in [2.45, 2.75) is 29.5 Å². The molecular formula is C15H15NS3. The van der Waals surface area contributed by atoms with Gasteiger partial charge in [0.25, 0.3) is 0 Å². The summed E-state index contributed by atoms with van der Waals surface area (Å²) in [5, 5.41) is 2.19. The first kappa shape index (κ1) is 13.4. The average Bonchev–Trinajstić information content (AvgIpc) is 2.87. The molecule has 2 aromatic rings. The summed E-state index contributed by atoms with van der Waals surface area (Å²) in [6.45, 7) is 2.26. The molecule has 1 nitrogen and oxygen atoms in total. The third-order valence-electron chi connectivity index (χ3n) is 3.42. The Morgan fingerprint density at radius 3 is 2.95 bits per heavy atom. The maximum Gasteiger partial charge on any atom is 0.102 e. The molecule has 4 heteroatoms. The van der Waals surface area contributed by atoms with Gasteiger partial charge in [-0.05, 0) is 37.7 Å². The molecule has 1 saturated heterocycles. The van der Waals surface area contributed by atoms with Crippen LogP contribution in [0.2, 0.25) is 0 Å². The Bertz CT molecular complexity index is 618. The van der Waals surface area contributed by atoms with Gasteiger partial charge in [0, 0.05) is 5.39 Å². The lowest BCUT2D eigenvalue weighted by Gasteiger charge is -2.22. The Kier molecular flexibility index (Phi) is 3.83. The Morgan fingerprint density at radius 2 is 2.16 bits per heavy atom. The van der Waals surface area contributed by atoms with E-state index in [-0.39, 0.29) is 4.75 Å². The van der Waals surface area contributed by atoms with E-state index in [0.717, 1.165) is 14.7 Å². The molecule has 0 saturated carbocycles. The zero-order chi connectivity index (χ0) is 13.3. The van der Waals surface area contributed by atoms with Gasteiger partial charge in [-0.25, -0.2) is 4.98 Å². The van der Waals surface area contributed by atoms with Gasteiger partial charge < -0.3 is 0 Å². The average molecular weight is 305 g/mol. The molecule has 1 aliphatic heterocycles. The zero-order valence-electron chi connectivity index (χ0n) is 10.8. The second-order valence-electron chi connectivity index (χ2n) is 4.91. The smallest absolute Gasteiger partial charge is 0.102 e. The van der Waals surface area contributed by atoms with Crippen molar-refractivity contribution in [3.05, 3.63) is 36.4 Å². The van der Waals surface area contributed by atoms with Crippen molar-refractivity contribution in [3.63, 3.8) is 0 Å². The summed E-state index contributed by atoms with van der Waals surface area (Å²) in [4.78, 5) is 4.68. The minimum atomic E-state index is 0.146. The fourth-order valence-corrected chi connectivity index (χ4v) is 5.02. The van der Waals surface area contributed by atoms with E-state index in [0.29, 0.717) is 0 Å². The Hall–Kier alpha value is -0.580. The Morgan fingerprint density at radius 1 is 1.32 bits per heavy atom.